The van der Waals surface area contributed by atoms with Crippen molar-refractivity contribution in [1.82, 2.24) is 14.4 Å². The molecule has 5 nitrogen and oxygen atoms in total. The molecule has 96 valence electrons. The summed E-state index contributed by atoms with van der Waals surface area (Å²) in [6, 6.07) is 5.85. The molecule has 0 aliphatic rings. The zero-order valence-electron chi connectivity index (χ0n) is 9.64. The normalized spacial score (nSPS) is 10.8. The van der Waals surface area contributed by atoms with E-state index in [0.29, 0.717) is 11.6 Å². The van der Waals surface area contributed by atoms with Gasteiger partial charge in [0.15, 0.2) is 11.5 Å². The second-order valence-corrected chi connectivity index (χ2v) is 5.69. The summed E-state index contributed by atoms with van der Waals surface area (Å²) in [5.41, 5.74) is 7.39. The molecular weight excluding hydrogens is 374 g/mol. The third-order valence-electron chi connectivity index (χ3n) is 2.57. The Hall–Kier alpha value is -1.60. The molecule has 0 spiro atoms. The molecule has 2 aromatic heterocycles. The lowest BCUT2D eigenvalue weighted by atomic mass is 10.3. The molecule has 0 saturated carbocycles. The van der Waals surface area contributed by atoms with E-state index in [1.807, 2.05) is 28.8 Å². The van der Waals surface area contributed by atoms with E-state index in [0.717, 1.165) is 20.3 Å². The predicted octanol–water partition coefficient (Wildman–Crippen LogP) is 3.58. The van der Waals surface area contributed by atoms with Gasteiger partial charge in [-0.25, -0.2) is 9.97 Å². The summed E-state index contributed by atoms with van der Waals surface area (Å²) in [5, 5.41) is 3.23. The van der Waals surface area contributed by atoms with Crippen molar-refractivity contribution in [3.63, 3.8) is 0 Å². The molecule has 0 aliphatic carbocycles. The van der Waals surface area contributed by atoms with E-state index in [1.165, 1.54) is 0 Å². The van der Waals surface area contributed by atoms with Crippen LogP contribution in [0.3, 0.4) is 0 Å². The molecule has 0 fully saturated rings. The van der Waals surface area contributed by atoms with Crippen LogP contribution in [0.5, 0.6) is 0 Å². The number of aromatic nitrogens is 3. The molecule has 1 aromatic carbocycles. The molecule has 19 heavy (non-hydrogen) atoms. The largest absolute Gasteiger partial charge is 0.382 e. The van der Waals surface area contributed by atoms with Crippen molar-refractivity contribution in [2.24, 2.45) is 0 Å². The highest BCUT2D eigenvalue weighted by atomic mass is 79.9. The lowest BCUT2D eigenvalue weighted by molar-refractivity contribution is 1.14. The summed E-state index contributed by atoms with van der Waals surface area (Å²) < 4.78 is 3.74. The van der Waals surface area contributed by atoms with Crippen molar-refractivity contribution >= 4 is 54.8 Å². The fourth-order valence-electron chi connectivity index (χ4n) is 1.76. The molecule has 0 aliphatic heterocycles. The van der Waals surface area contributed by atoms with Gasteiger partial charge in [-0.05, 0) is 34.1 Å². The Morgan fingerprint density at radius 2 is 2.11 bits per heavy atom. The smallest absolute Gasteiger partial charge is 0.180 e. The number of hydrogen-bond acceptors (Lipinski definition) is 4. The number of anilines is 3. The molecule has 0 atom stereocenters. The number of benzene rings is 1. The number of nitrogen functional groups attached to an aromatic ring is 1. The van der Waals surface area contributed by atoms with Gasteiger partial charge in [0.05, 0.1) is 11.9 Å². The van der Waals surface area contributed by atoms with Crippen molar-refractivity contribution in [2.75, 3.05) is 11.1 Å². The van der Waals surface area contributed by atoms with E-state index >= 15 is 0 Å². The molecule has 0 unspecified atom stereocenters. The molecule has 3 N–H and O–H groups in total. The van der Waals surface area contributed by atoms with Crippen molar-refractivity contribution in [3.8, 4) is 0 Å². The van der Waals surface area contributed by atoms with Gasteiger partial charge in [-0.1, -0.05) is 15.9 Å². The molecule has 7 heteroatoms. The van der Waals surface area contributed by atoms with Crippen LogP contribution in [0.4, 0.5) is 17.3 Å². The number of nitrogens with zero attached hydrogens (tertiary/aromatic N) is 3. The van der Waals surface area contributed by atoms with Crippen molar-refractivity contribution in [3.05, 3.63) is 45.7 Å². The first kappa shape index (κ1) is 12.4. The Balaban J connectivity index is 2.10. The number of hydrogen-bond donors (Lipinski definition) is 2. The Morgan fingerprint density at radius 1 is 1.26 bits per heavy atom. The standard InChI is InChI=1S/C12H9Br2N5/c13-7-1-2-8(14)9(5-7)17-11-12-16-3-4-19(12)6-10(15)18-11/h1-6H,15H2,(H,17,18). The first-order valence-corrected chi connectivity index (χ1v) is 7.03. The molecule has 2 heterocycles. The highest BCUT2D eigenvalue weighted by molar-refractivity contribution is 9.11. The topological polar surface area (TPSA) is 68.2 Å². The fraction of sp³-hybridized carbons (Fsp3) is 0. The lowest BCUT2D eigenvalue weighted by Gasteiger charge is -2.10. The van der Waals surface area contributed by atoms with Crippen LogP contribution in [-0.2, 0) is 0 Å². The quantitative estimate of drug-likeness (QED) is 0.710. The van der Waals surface area contributed by atoms with Crippen LogP contribution in [-0.4, -0.2) is 14.4 Å². The number of nitrogens with one attached hydrogen (secondary N) is 1. The highest BCUT2D eigenvalue weighted by Gasteiger charge is 2.08. The fourth-order valence-corrected chi connectivity index (χ4v) is 2.46. The zero-order chi connectivity index (χ0) is 13.4. The molecular formula is C12H9Br2N5. The van der Waals surface area contributed by atoms with E-state index in [4.69, 9.17) is 5.73 Å². The van der Waals surface area contributed by atoms with Crippen molar-refractivity contribution in [2.45, 2.75) is 0 Å². The second kappa shape index (κ2) is 4.82. The first-order valence-electron chi connectivity index (χ1n) is 5.45. The monoisotopic (exact) mass is 381 g/mol. The Labute approximate surface area is 126 Å². The SMILES string of the molecule is Nc1cn2ccnc2c(Nc2cc(Br)ccc2Br)n1. The van der Waals surface area contributed by atoms with Crippen LogP contribution in [0.1, 0.15) is 0 Å². The maximum atomic E-state index is 5.78. The second-order valence-electron chi connectivity index (χ2n) is 3.92. The Morgan fingerprint density at radius 3 is 2.95 bits per heavy atom. The van der Waals surface area contributed by atoms with E-state index in [9.17, 15) is 0 Å². The number of halogens is 2. The van der Waals surface area contributed by atoms with Crippen molar-refractivity contribution in [1.29, 1.82) is 0 Å². The summed E-state index contributed by atoms with van der Waals surface area (Å²) in [4.78, 5) is 8.55. The van der Waals surface area contributed by atoms with Crippen LogP contribution >= 0.6 is 31.9 Å². The van der Waals surface area contributed by atoms with Gasteiger partial charge in [0.1, 0.15) is 5.82 Å². The van der Waals surface area contributed by atoms with E-state index < -0.39 is 0 Å². The van der Waals surface area contributed by atoms with Gasteiger partial charge < -0.3 is 15.5 Å². The maximum absolute atomic E-state index is 5.78. The first-order chi connectivity index (χ1) is 9.13. The lowest BCUT2D eigenvalue weighted by Crippen LogP contribution is -2.02. The minimum absolute atomic E-state index is 0.430. The van der Waals surface area contributed by atoms with E-state index in [2.05, 4.69) is 47.1 Å². The molecule has 0 amide bonds. The Bertz CT molecular complexity index is 753. The third-order valence-corrected chi connectivity index (χ3v) is 3.76. The van der Waals surface area contributed by atoms with Crippen LogP contribution in [0.2, 0.25) is 0 Å². The van der Waals surface area contributed by atoms with Gasteiger partial charge in [-0.15, -0.1) is 0 Å². The maximum Gasteiger partial charge on any atom is 0.180 e. The minimum atomic E-state index is 0.430. The summed E-state index contributed by atoms with van der Waals surface area (Å²) in [7, 11) is 0. The van der Waals surface area contributed by atoms with Gasteiger partial charge in [0.25, 0.3) is 0 Å². The van der Waals surface area contributed by atoms with Crippen LogP contribution in [0, 0.1) is 0 Å². The van der Waals surface area contributed by atoms with Gasteiger partial charge in [0, 0.05) is 21.3 Å². The van der Waals surface area contributed by atoms with Gasteiger partial charge in [-0.2, -0.15) is 0 Å². The predicted molar refractivity (Wildman–Crippen MR) is 82.5 cm³/mol. The van der Waals surface area contributed by atoms with Crippen molar-refractivity contribution < 1.29 is 0 Å². The highest BCUT2D eigenvalue weighted by Crippen LogP contribution is 2.29. The summed E-state index contributed by atoms with van der Waals surface area (Å²) in [5.74, 6) is 1.04. The zero-order valence-corrected chi connectivity index (χ0v) is 12.8. The van der Waals surface area contributed by atoms with Crippen LogP contribution in [0.15, 0.2) is 45.7 Å². The van der Waals surface area contributed by atoms with E-state index in [-0.39, 0.29) is 0 Å². The Kier molecular flexibility index (Phi) is 3.16. The van der Waals surface area contributed by atoms with Crippen LogP contribution < -0.4 is 11.1 Å². The summed E-state index contributed by atoms with van der Waals surface area (Å²) in [6.45, 7) is 0. The third kappa shape index (κ3) is 2.43. The van der Waals surface area contributed by atoms with E-state index in [1.54, 1.807) is 12.4 Å². The number of fused-ring (bicyclic) bond motifs is 1. The molecule has 3 rings (SSSR count). The number of rotatable bonds is 2. The average Bonchev–Trinajstić information content (AvgIpc) is 2.82. The van der Waals surface area contributed by atoms with Gasteiger partial charge >= 0.3 is 0 Å². The molecule has 0 bridgehead atoms. The van der Waals surface area contributed by atoms with Crippen LogP contribution in [0.25, 0.3) is 5.65 Å². The van der Waals surface area contributed by atoms with Gasteiger partial charge in [-0.3, -0.25) is 0 Å². The molecule has 3 aromatic rings. The number of imidazole rings is 1. The summed E-state index contributed by atoms with van der Waals surface area (Å²) in [6.07, 6.45) is 5.26. The van der Waals surface area contributed by atoms with Gasteiger partial charge in [0.2, 0.25) is 0 Å². The summed E-state index contributed by atoms with van der Waals surface area (Å²) >= 11 is 6.93. The minimum Gasteiger partial charge on any atom is -0.382 e. The average molecular weight is 383 g/mol. The molecule has 0 radical (unpaired) electrons. The molecule has 0 saturated heterocycles. The number of nitrogens with two attached hydrogens (primary N) is 1.